The van der Waals surface area contributed by atoms with E-state index in [-0.39, 0.29) is 11.0 Å². The monoisotopic (exact) mass is 244 g/mol. The molecule has 0 unspecified atom stereocenters. The molecule has 3 rings (SSSR count). The Morgan fingerprint density at radius 3 is 2.61 bits per heavy atom. The van der Waals surface area contributed by atoms with Gasteiger partial charge in [0.25, 0.3) is 0 Å². The van der Waals surface area contributed by atoms with Crippen LogP contribution in [-0.4, -0.2) is 17.6 Å². The topological polar surface area (TPSA) is 51.0 Å². The summed E-state index contributed by atoms with van der Waals surface area (Å²) < 4.78 is 5.25. The van der Waals surface area contributed by atoms with E-state index in [9.17, 15) is 0 Å². The van der Waals surface area contributed by atoms with Crippen molar-refractivity contribution in [1.82, 2.24) is 4.98 Å². The first-order valence-electron chi connectivity index (χ1n) is 6.42. The first-order valence-corrected chi connectivity index (χ1v) is 6.42. The van der Waals surface area contributed by atoms with Gasteiger partial charge in [-0.1, -0.05) is 13.8 Å². The molecular formula is C15H20N2O. The highest BCUT2D eigenvalue weighted by Gasteiger charge is 2.52. The SMILES string of the molecule is COc1ccc2cc(C(C)(C)C3(N)CC3)[nH]c2c1. The van der Waals surface area contributed by atoms with E-state index >= 15 is 0 Å². The molecule has 1 fully saturated rings. The molecule has 0 amide bonds. The van der Waals surface area contributed by atoms with Crippen molar-refractivity contribution in [3.05, 3.63) is 30.0 Å². The number of methoxy groups -OCH3 is 1. The van der Waals surface area contributed by atoms with E-state index in [0.717, 1.165) is 24.1 Å². The van der Waals surface area contributed by atoms with E-state index in [1.165, 1.54) is 11.1 Å². The molecule has 3 nitrogen and oxygen atoms in total. The van der Waals surface area contributed by atoms with Crippen LogP contribution in [-0.2, 0) is 5.41 Å². The van der Waals surface area contributed by atoms with Crippen LogP contribution in [0.5, 0.6) is 5.75 Å². The molecule has 2 aromatic rings. The predicted molar refractivity (Wildman–Crippen MR) is 74.0 cm³/mol. The van der Waals surface area contributed by atoms with E-state index in [2.05, 4.69) is 31.0 Å². The molecule has 0 bridgehead atoms. The van der Waals surface area contributed by atoms with Crippen LogP contribution >= 0.6 is 0 Å². The van der Waals surface area contributed by atoms with Crippen LogP contribution in [0.1, 0.15) is 32.4 Å². The number of rotatable bonds is 3. The van der Waals surface area contributed by atoms with Crippen molar-refractivity contribution in [3.63, 3.8) is 0 Å². The smallest absolute Gasteiger partial charge is 0.120 e. The molecule has 96 valence electrons. The van der Waals surface area contributed by atoms with Crippen molar-refractivity contribution in [2.75, 3.05) is 7.11 Å². The molecule has 1 aliphatic rings. The highest BCUT2D eigenvalue weighted by atomic mass is 16.5. The van der Waals surface area contributed by atoms with Gasteiger partial charge < -0.3 is 15.5 Å². The summed E-state index contributed by atoms with van der Waals surface area (Å²) in [6.45, 7) is 4.45. The normalized spacial score (nSPS) is 18.0. The van der Waals surface area contributed by atoms with Crippen molar-refractivity contribution in [1.29, 1.82) is 0 Å². The lowest BCUT2D eigenvalue weighted by Crippen LogP contribution is -2.43. The van der Waals surface area contributed by atoms with E-state index in [1.807, 2.05) is 12.1 Å². The van der Waals surface area contributed by atoms with Gasteiger partial charge in [0.1, 0.15) is 5.75 Å². The van der Waals surface area contributed by atoms with Gasteiger partial charge in [-0.2, -0.15) is 0 Å². The third-order valence-corrected chi connectivity index (χ3v) is 4.54. The summed E-state index contributed by atoms with van der Waals surface area (Å²) in [7, 11) is 1.69. The molecule has 1 saturated carbocycles. The molecule has 0 saturated heterocycles. The Hall–Kier alpha value is -1.48. The second-order valence-electron chi connectivity index (χ2n) is 5.92. The number of aromatic amines is 1. The highest BCUT2D eigenvalue weighted by molar-refractivity contribution is 5.82. The quantitative estimate of drug-likeness (QED) is 0.872. The van der Waals surface area contributed by atoms with Crippen LogP contribution in [0.2, 0.25) is 0 Å². The van der Waals surface area contributed by atoms with Crippen molar-refractivity contribution >= 4 is 10.9 Å². The maximum atomic E-state index is 6.39. The number of nitrogens with two attached hydrogens (primary N) is 1. The minimum absolute atomic E-state index is 0.0146. The molecule has 3 N–H and O–H groups in total. The van der Waals surface area contributed by atoms with Crippen LogP contribution in [0.4, 0.5) is 0 Å². The lowest BCUT2D eigenvalue weighted by atomic mass is 9.79. The molecule has 0 radical (unpaired) electrons. The van der Waals surface area contributed by atoms with Gasteiger partial charge in [-0.25, -0.2) is 0 Å². The fourth-order valence-electron chi connectivity index (χ4n) is 2.60. The van der Waals surface area contributed by atoms with E-state index < -0.39 is 0 Å². The van der Waals surface area contributed by atoms with Crippen molar-refractivity contribution in [2.24, 2.45) is 5.73 Å². The minimum Gasteiger partial charge on any atom is -0.497 e. The second kappa shape index (κ2) is 3.51. The fraction of sp³-hybridized carbons (Fsp3) is 0.467. The molecule has 0 atom stereocenters. The zero-order valence-corrected chi connectivity index (χ0v) is 11.2. The minimum atomic E-state index is -0.0437. The average molecular weight is 244 g/mol. The van der Waals surface area contributed by atoms with Gasteiger partial charge in [0.15, 0.2) is 0 Å². The van der Waals surface area contributed by atoms with Gasteiger partial charge >= 0.3 is 0 Å². The van der Waals surface area contributed by atoms with Crippen LogP contribution in [0.25, 0.3) is 10.9 Å². The number of fused-ring (bicyclic) bond motifs is 1. The molecule has 3 heteroatoms. The number of aromatic nitrogens is 1. The summed E-state index contributed by atoms with van der Waals surface area (Å²) in [5.74, 6) is 0.877. The van der Waals surface area contributed by atoms with Gasteiger partial charge in [0, 0.05) is 28.2 Å². The Balaban J connectivity index is 2.08. The average Bonchev–Trinajstić information content (AvgIpc) is 2.96. The van der Waals surface area contributed by atoms with E-state index in [4.69, 9.17) is 10.5 Å². The number of hydrogen-bond acceptors (Lipinski definition) is 2. The highest BCUT2D eigenvalue weighted by Crippen LogP contribution is 2.49. The third-order valence-electron chi connectivity index (χ3n) is 4.54. The number of H-pyrrole nitrogens is 1. The van der Waals surface area contributed by atoms with Gasteiger partial charge in [-0.05, 0) is 36.4 Å². The summed E-state index contributed by atoms with van der Waals surface area (Å²) in [4.78, 5) is 3.50. The molecule has 1 heterocycles. The Kier molecular flexibility index (Phi) is 2.26. The molecule has 1 aromatic carbocycles. The summed E-state index contributed by atoms with van der Waals surface area (Å²) >= 11 is 0. The van der Waals surface area contributed by atoms with Gasteiger partial charge in [-0.3, -0.25) is 0 Å². The standard InChI is InChI=1S/C15H20N2O/c1-14(2,15(16)6-7-15)13-8-10-4-5-11(18-3)9-12(10)17-13/h4-5,8-9,17H,6-7,16H2,1-3H3. The van der Waals surface area contributed by atoms with E-state index in [1.54, 1.807) is 7.11 Å². The summed E-state index contributed by atoms with van der Waals surface area (Å²) in [5.41, 5.74) is 8.66. The summed E-state index contributed by atoms with van der Waals surface area (Å²) in [6.07, 6.45) is 2.22. The van der Waals surface area contributed by atoms with Crippen LogP contribution in [0, 0.1) is 0 Å². The molecule has 0 spiro atoms. The van der Waals surface area contributed by atoms with Gasteiger partial charge in [0.05, 0.1) is 7.11 Å². The van der Waals surface area contributed by atoms with Crippen LogP contribution in [0.15, 0.2) is 24.3 Å². The first kappa shape index (κ1) is 11.6. The molecule has 1 aromatic heterocycles. The number of hydrogen-bond donors (Lipinski definition) is 2. The number of benzene rings is 1. The van der Waals surface area contributed by atoms with Crippen LogP contribution < -0.4 is 10.5 Å². The van der Waals surface area contributed by atoms with Gasteiger partial charge in [-0.15, -0.1) is 0 Å². The molecule has 0 aliphatic heterocycles. The zero-order chi connectivity index (χ0) is 13.0. The Morgan fingerprint density at radius 1 is 1.28 bits per heavy atom. The Morgan fingerprint density at radius 2 is 2.00 bits per heavy atom. The Labute approximate surface area is 107 Å². The zero-order valence-electron chi connectivity index (χ0n) is 11.2. The lowest BCUT2D eigenvalue weighted by Gasteiger charge is -2.31. The predicted octanol–water partition coefficient (Wildman–Crippen LogP) is 2.95. The van der Waals surface area contributed by atoms with Crippen molar-refractivity contribution in [2.45, 2.75) is 37.6 Å². The lowest BCUT2D eigenvalue weighted by molar-refractivity contribution is 0.383. The summed E-state index contributed by atoms with van der Waals surface area (Å²) in [6, 6.07) is 8.31. The largest absolute Gasteiger partial charge is 0.497 e. The number of nitrogens with one attached hydrogen (secondary N) is 1. The maximum Gasteiger partial charge on any atom is 0.120 e. The third kappa shape index (κ3) is 1.54. The molecule has 18 heavy (non-hydrogen) atoms. The van der Waals surface area contributed by atoms with Gasteiger partial charge in [0.2, 0.25) is 0 Å². The Bertz CT molecular complexity index is 594. The fourth-order valence-corrected chi connectivity index (χ4v) is 2.60. The van der Waals surface area contributed by atoms with Crippen molar-refractivity contribution < 1.29 is 4.74 Å². The first-order chi connectivity index (χ1) is 8.46. The molecular weight excluding hydrogens is 224 g/mol. The second-order valence-corrected chi connectivity index (χ2v) is 5.92. The van der Waals surface area contributed by atoms with Crippen LogP contribution in [0.3, 0.4) is 0 Å². The van der Waals surface area contributed by atoms with E-state index in [0.29, 0.717) is 0 Å². The van der Waals surface area contributed by atoms with Crippen molar-refractivity contribution in [3.8, 4) is 5.75 Å². The maximum absolute atomic E-state index is 6.39. The number of ether oxygens (including phenoxy) is 1. The summed E-state index contributed by atoms with van der Waals surface area (Å²) in [5, 5.41) is 1.21. The molecule has 1 aliphatic carbocycles.